The van der Waals surface area contributed by atoms with Crippen molar-refractivity contribution in [1.82, 2.24) is 14.8 Å². The largest absolute Gasteiger partial charge is 0.497 e. The van der Waals surface area contributed by atoms with Crippen LogP contribution in [0.1, 0.15) is 33.0 Å². The summed E-state index contributed by atoms with van der Waals surface area (Å²) in [4.78, 5) is 16.2. The highest BCUT2D eigenvalue weighted by Gasteiger charge is 2.21. The number of esters is 1. The number of hydrogen-bond acceptors (Lipinski definition) is 6. The second-order valence-electron chi connectivity index (χ2n) is 5.47. The van der Waals surface area contributed by atoms with E-state index in [4.69, 9.17) is 14.2 Å². The molecule has 1 aromatic carbocycles. The third-order valence-corrected chi connectivity index (χ3v) is 3.57. The van der Waals surface area contributed by atoms with Crippen molar-refractivity contribution in [3.63, 3.8) is 0 Å². The van der Waals surface area contributed by atoms with Gasteiger partial charge in [0.25, 0.3) is 0 Å². The molecule has 2 aromatic rings. The minimum absolute atomic E-state index is 0.136. The molecule has 0 spiro atoms. The average molecular weight is 333 g/mol. The third-order valence-electron chi connectivity index (χ3n) is 3.57. The van der Waals surface area contributed by atoms with Crippen LogP contribution >= 0.6 is 0 Å². The van der Waals surface area contributed by atoms with Crippen LogP contribution in [0.4, 0.5) is 0 Å². The SMILES string of the molecule is CCC(C)OC(=O)C(C)Oc1nc(C)n(-c2ccc(OC)cc2)n1. The smallest absolute Gasteiger partial charge is 0.347 e. The lowest BCUT2D eigenvalue weighted by molar-refractivity contribution is -0.156. The average Bonchev–Trinajstić information content (AvgIpc) is 2.94. The number of ether oxygens (including phenoxy) is 3. The molecule has 2 unspecified atom stereocenters. The Bertz CT molecular complexity index is 682. The van der Waals surface area contributed by atoms with E-state index in [-0.39, 0.29) is 12.1 Å². The number of carbonyl (C=O) groups is 1. The molecule has 0 saturated carbocycles. The van der Waals surface area contributed by atoms with E-state index >= 15 is 0 Å². The van der Waals surface area contributed by atoms with Crippen molar-refractivity contribution in [3.8, 4) is 17.4 Å². The Hall–Kier alpha value is -2.57. The Kier molecular flexibility index (Phi) is 5.78. The molecule has 7 nitrogen and oxygen atoms in total. The zero-order chi connectivity index (χ0) is 17.7. The molecular weight excluding hydrogens is 310 g/mol. The molecular formula is C17H23N3O4. The Morgan fingerprint density at radius 1 is 1.25 bits per heavy atom. The summed E-state index contributed by atoms with van der Waals surface area (Å²) in [7, 11) is 1.61. The van der Waals surface area contributed by atoms with Gasteiger partial charge in [0.1, 0.15) is 11.6 Å². The first-order valence-corrected chi connectivity index (χ1v) is 7.89. The summed E-state index contributed by atoms with van der Waals surface area (Å²) in [5, 5.41) is 4.29. The minimum Gasteiger partial charge on any atom is -0.497 e. The minimum atomic E-state index is -0.773. The molecule has 130 valence electrons. The standard InChI is InChI=1S/C17H23N3O4/c1-6-11(2)23-16(21)12(3)24-17-18-13(4)20(19-17)14-7-9-15(22-5)10-8-14/h7-12H,6H2,1-5H3. The van der Waals surface area contributed by atoms with Gasteiger partial charge in [-0.2, -0.15) is 4.98 Å². The maximum atomic E-state index is 11.9. The molecule has 1 aromatic heterocycles. The molecule has 7 heteroatoms. The maximum absolute atomic E-state index is 11.9. The van der Waals surface area contributed by atoms with Gasteiger partial charge in [0.2, 0.25) is 0 Å². The predicted molar refractivity (Wildman–Crippen MR) is 88.6 cm³/mol. The molecule has 0 aliphatic rings. The van der Waals surface area contributed by atoms with E-state index in [1.165, 1.54) is 0 Å². The van der Waals surface area contributed by atoms with Crippen molar-refractivity contribution in [2.24, 2.45) is 0 Å². The maximum Gasteiger partial charge on any atom is 0.347 e. The van der Waals surface area contributed by atoms with E-state index in [9.17, 15) is 4.79 Å². The molecule has 2 rings (SSSR count). The summed E-state index contributed by atoms with van der Waals surface area (Å²) in [6.07, 6.45) is -0.165. The quantitative estimate of drug-likeness (QED) is 0.725. The first-order valence-electron chi connectivity index (χ1n) is 7.89. The Morgan fingerprint density at radius 3 is 2.50 bits per heavy atom. The fraction of sp³-hybridized carbons (Fsp3) is 0.471. The van der Waals surface area contributed by atoms with Crippen LogP contribution in [0.3, 0.4) is 0 Å². The second-order valence-corrected chi connectivity index (χ2v) is 5.47. The lowest BCUT2D eigenvalue weighted by Gasteiger charge is -2.15. The molecule has 0 radical (unpaired) electrons. The van der Waals surface area contributed by atoms with Crippen LogP contribution in [-0.2, 0) is 9.53 Å². The van der Waals surface area contributed by atoms with Gasteiger partial charge in [-0.3, -0.25) is 0 Å². The van der Waals surface area contributed by atoms with E-state index in [2.05, 4.69) is 10.1 Å². The van der Waals surface area contributed by atoms with Gasteiger partial charge >= 0.3 is 12.0 Å². The summed E-state index contributed by atoms with van der Waals surface area (Å²) in [6, 6.07) is 7.54. The molecule has 0 saturated heterocycles. The molecule has 0 aliphatic heterocycles. The molecule has 0 bridgehead atoms. The molecule has 0 N–H and O–H groups in total. The van der Waals surface area contributed by atoms with Crippen molar-refractivity contribution in [3.05, 3.63) is 30.1 Å². The lowest BCUT2D eigenvalue weighted by Crippen LogP contribution is -2.29. The molecule has 1 heterocycles. The van der Waals surface area contributed by atoms with E-state index in [0.29, 0.717) is 5.82 Å². The van der Waals surface area contributed by atoms with Gasteiger partial charge in [-0.15, -0.1) is 5.10 Å². The topological polar surface area (TPSA) is 75.5 Å². The summed E-state index contributed by atoms with van der Waals surface area (Å²) >= 11 is 0. The molecule has 0 fully saturated rings. The zero-order valence-corrected chi connectivity index (χ0v) is 14.6. The normalized spacial score (nSPS) is 13.2. The molecule has 0 amide bonds. The van der Waals surface area contributed by atoms with E-state index in [0.717, 1.165) is 17.9 Å². The van der Waals surface area contributed by atoms with Crippen molar-refractivity contribution < 1.29 is 19.0 Å². The number of rotatable bonds is 7. The summed E-state index contributed by atoms with van der Waals surface area (Å²) in [6.45, 7) is 7.22. The van der Waals surface area contributed by atoms with Crippen LogP contribution in [0.5, 0.6) is 11.8 Å². The van der Waals surface area contributed by atoms with Crippen molar-refractivity contribution in [1.29, 1.82) is 0 Å². The Balaban J connectivity index is 2.09. The van der Waals surface area contributed by atoms with Crippen LogP contribution in [0.25, 0.3) is 5.69 Å². The zero-order valence-electron chi connectivity index (χ0n) is 14.6. The van der Waals surface area contributed by atoms with Gasteiger partial charge in [0.05, 0.1) is 18.9 Å². The summed E-state index contributed by atoms with van der Waals surface area (Å²) < 4.78 is 17.5. The van der Waals surface area contributed by atoms with Crippen LogP contribution in [0.15, 0.2) is 24.3 Å². The number of aromatic nitrogens is 3. The van der Waals surface area contributed by atoms with E-state index in [1.807, 2.05) is 45.0 Å². The number of nitrogens with zero attached hydrogens (tertiary/aromatic N) is 3. The lowest BCUT2D eigenvalue weighted by atomic mass is 10.3. The highest BCUT2D eigenvalue weighted by atomic mass is 16.6. The third kappa shape index (κ3) is 4.24. The van der Waals surface area contributed by atoms with Gasteiger partial charge in [-0.05, 0) is 51.5 Å². The first-order chi connectivity index (χ1) is 11.4. The van der Waals surface area contributed by atoms with Gasteiger partial charge in [0.15, 0.2) is 6.10 Å². The fourth-order valence-electron chi connectivity index (χ4n) is 1.97. The van der Waals surface area contributed by atoms with Gasteiger partial charge in [-0.1, -0.05) is 6.92 Å². The monoisotopic (exact) mass is 333 g/mol. The van der Waals surface area contributed by atoms with Gasteiger partial charge in [0, 0.05) is 0 Å². The van der Waals surface area contributed by atoms with E-state index < -0.39 is 12.1 Å². The molecule has 0 aliphatic carbocycles. The highest BCUT2D eigenvalue weighted by Crippen LogP contribution is 2.17. The van der Waals surface area contributed by atoms with Crippen molar-refractivity contribution >= 4 is 5.97 Å². The van der Waals surface area contributed by atoms with Gasteiger partial charge in [-0.25, -0.2) is 9.48 Å². The second kappa shape index (κ2) is 7.81. The number of carbonyl (C=O) groups excluding carboxylic acids is 1. The number of methoxy groups -OCH3 is 1. The van der Waals surface area contributed by atoms with Crippen molar-refractivity contribution in [2.45, 2.75) is 46.3 Å². The fourth-order valence-corrected chi connectivity index (χ4v) is 1.97. The summed E-state index contributed by atoms with van der Waals surface area (Å²) in [5.74, 6) is 0.981. The van der Waals surface area contributed by atoms with Gasteiger partial charge < -0.3 is 14.2 Å². The van der Waals surface area contributed by atoms with Crippen LogP contribution < -0.4 is 9.47 Å². The summed E-state index contributed by atoms with van der Waals surface area (Å²) in [5.41, 5.74) is 0.825. The highest BCUT2D eigenvalue weighted by molar-refractivity contribution is 5.74. The number of hydrogen-bond donors (Lipinski definition) is 0. The van der Waals surface area contributed by atoms with Crippen LogP contribution in [0.2, 0.25) is 0 Å². The molecule has 2 atom stereocenters. The first kappa shape index (κ1) is 17.8. The number of benzene rings is 1. The Labute approximate surface area is 141 Å². The Morgan fingerprint density at radius 2 is 1.92 bits per heavy atom. The van der Waals surface area contributed by atoms with Crippen LogP contribution in [-0.4, -0.2) is 40.1 Å². The predicted octanol–water partition coefficient (Wildman–Crippen LogP) is 2.69. The van der Waals surface area contributed by atoms with E-state index in [1.54, 1.807) is 18.7 Å². The number of aryl methyl sites for hydroxylation is 1. The van der Waals surface area contributed by atoms with Crippen LogP contribution in [0, 0.1) is 6.92 Å². The molecule has 24 heavy (non-hydrogen) atoms. The van der Waals surface area contributed by atoms with Crippen molar-refractivity contribution in [2.75, 3.05) is 7.11 Å².